The van der Waals surface area contributed by atoms with Crippen LogP contribution in [0.25, 0.3) is 0 Å². The van der Waals surface area contributed by atoms with Gasteiger partial charge >= 0.3 is 26.7 Å². The zero-order valence-electron chi connectivity index (χ0n) is 15.1. The molecule has 0 aliphatic carbocycles. The fourth-order valence-corrected chi connectivity index (χ4v) is 4.67. The molecule has 3 heteroatoms. The summed E-state index contributed by atoms with van der Waals surface area (Å²) in [4.78, 5) is 0. The van der Waals surface area contributed by atoms with E-state index in [1.54, 1.807) is 0 Å². The van der Waals surface area contributed by atoms with Crippen molar-refractivity contribution in [2.45, 2.75) is 79.1 Å². The van der Waals surface area contributed by atoms with Crippen LogP contribution in [0, 0.1) is 11.8 Å². The zero-order valence-corrected chi connectivity index (χ0v) is 15.0. The first-order chi connectivity index (χ1) is 8.67. The minimum Gasteiger partial charge on any atom is -1.00 e. The third-order valence-corrected chi connectivity index (χ3v) is 5.86. The maximum absolute atomic E-state index is 12.3. The molecule has 0 N–H and O–H groups in total. The molecule has 0 rings (SSSR count). The topological polar surface area (TPSA) is 17.1 Å². The fourth-order valence-electron chi connectivity index (χ4n) is 2.49. The quantitative estimate of drug-likeness (QED) is 0.396. The predicted molar refractivity (Wildman–Crippen MR) is 85.1 cm³/mol. The Balaban J connectivity index is -0.00000144. The van der Waals surface area contributed by atoms with Gasteiger partial charge in [0, 0.05) is 11.8 Å². The predicted octanol–water partition coefficient (Wildman–Crippen LogP) is 3.36. The summed E-state index contributed by atoms with van der Waals surface area (Å²) in [5.41, 5.74) is 0. The van der Waals surface area contributed by atoms with Gasteiger partial charge in [-0.05, 0) is 25.7 Å². The Morgan fingerprint density at radius 3 is 1.47 bits per heavy atom. The molecule has 0 fully saturated rings. The molecule has 1 nitrogen and oxygen atoms in total. The molecule has 19 heavy (non-hydrogen) atoms. The summed E-state index contributed by atoms with van der Waals surface area (Å²) < 4.78 is 12.3. The van der Waals surface area contributed by atoms with Crippen LogP contribution in [0.5, 0.6) is 0 Å². The third-order valence-electron chi connectivity index (χ3n) is 4.01. The molecule has 0 saturated heterocycles. The van der Waals surface area contributed by atoms with Crippen molar-refractivity contribution >= 4 is 7.80 Å². The molecule has 0 aromatic heterocycles. The first-order valence-electron chi connectivity index (χ1n) is 8.09. The number of rotatable bonds is 12. The van der Waals surface area contributed by atoms with Crippen molar-refractivity contribution in [1.29, 1.82) is 0 Å². The minimum absolute atomic E-state index is 0. The van der Waals surface area contributed by atoms with E-state index in [-0.39, 0.29) is 20.3 Å². The number of hydrogen-bond donors (Lipinski definition) is 0. The van der Waals surface area contributed by atoms with Crippen molar-refractivity contribution in [1.82, 2.24) is 0 Å². The van der Waals surface area contributed by atoms with Gasteiger partial charge in [0.2, 0.25) is 0 Å². The second-order valence-corrected chi connectivity index (χ2v) is 7.37. The summed E-state index contributed by atoms with van der Waals surface area (Å²) in [6, 6.07) is 0. The van der Waals surface area contributed by atoms with Crippen molar-refractivity contribution in [3.63, 3.8) is 0 Å². The van der Waals surface area contributed by atoms with Crippen LogP contribution in [0.1, 0.15) is 80.5 Å². The molecular formula is C16H35LiOP+. The Morgan fingerprint density at radius 1 is 0.842 bits per heavy atom. The van der Waals surface area contributed by atoms with E-state index >= 15 is 0 Å². The molecule has 0 spiro atoms. The zero-order chi connectivity index (χ0) is 13.8. The average Bonchev–Trinajstić information content (AvgIpc) is 2.39. The van der Waals surface area contributed by atoms with Crippen LogP contribution < -0.4 is 18.9 Å². The van der Waals surface area contributed by atoms with Crippen LogP contribution in [0.4, 0.5) is 0 Å². The van der Waals surface area contributed by atoms with Gasteiger partial charge in [0.1, 0.15) is 12.3 Å². The Kier molecular flexibility index (Phi) is 17.5. The van der Waals surface area contributed by atoms with E-state index < -0.39 is 7.80 Å². The molecule has 0 aliphatic heterocycles. The van der Waals surface area contributed by atoms with E-state index in [1.807, 2.05) is 0 Å². The van der Waals surface area contributed by atoms with Crippen molar-refractivity contribution < 1.29 is 24.9 Å². The second kappa shape index (κ2) is 15.1. The van der Waals surface area contributed by atoms with E-state index in [1.165, 1.54) is 51.4 Å². The van der Waals surface area contributed by atoms with Gasteiger partial charge in [-0.25, -0.2) is 0 Å². The molecular weight excluding hydrogens is 246 g/mol. The van der Waals surface area contributed by atoms with Crippen LogP contribution in [-0.4, -0.2) is 12.3 Å². The first-order valence-corrected chi connectivity index (χ1v) is 9.72. The first kappa shape index (κ1) is 22.0. The standard InChI is InChI=1S/C16H34OP.Li.H/c1-5-9-11-15(7-3)13-18(17)14-16(8-4)12-10-6-2;;/h15-16H,5-14H2,1-4H3;;/q2*+1;-1. The second-order valence-electron chi connectivity index (χ2n) is 5.68. The van der Waals surface area contributed by atoms with Crippen molar-refractivity contribution in [3.8, 4) is 0 Å². The number of hydrogen-bond acceptors (Lipinski definition) is 1. The Bertz CT molecular complexity index is 195. The molecule has 0 aromatic carbocycles. The number of unbranched alkanes of at least 4 members (excludes halogenated alkanes) is 2. The summed E-state index contributed by atoms with van der Waals surface area (Å²) in [5.74, 6) is 1.41. The molecule has 0 aromatic rings. The van der Waals surface area contributed by atoms with Crippen LogP contribution in [0.15, 0.2) is 0 Å². The van der Waals surface area contributed by atoms with Crippen molar-refractivity contribution in [2.75, 3.05) is 12.3 Å². The average molecular weight is 281 g/mol. The van der Waals surface area contributed by atoms with Crippen LogP contribution in [0.3, 0.4) is 0 Å². The maximum Gasteiger partial charge on any atom is 1.00 e. The van der Waals surface area contributed by atoms with Gasteiger partial charge in [-0.2, -0.15) is 0 Å². The molecule has 2 unspecified atom stereocenters. The molecule has 110 valence electrons. The normalized spacial score (nSPS) is 14.6. The van der Waals surface area contributed by atoms with E-state index in [9.17, 15) is 4.57 Å². The summed E-state index contributed by atoms with van der Waals surface area (Å²) in [6.07, 6.45) is 12.0. The molecule has 0 heterocycles. The summed E-state index contributed by atoms with van der Waals surface area (Å²) in [6.45, 7) is 8.98. The Labute approximate surface area is 136 Å². The maximum atomic E-state index is 12.3. The van der Waals surface area contributed by atoms with Gasteiger partial charge in [-0.3, -0.25) is 0 Å². The van der Waals surface area contributed by atoms with E-state index in [0.29, 0.717) is 11.8 Å². The summed E-state index contributed by atoms with van der Waals surface area (Å²) in [5, 5.41) is 0. The van der Waals surface area contributed by atoms with Gasteiger partial charge < -0.3 is 1.43 Å². The molecule has 0 amide bonds. The molecule has 2 atom stereocenters. The largest absolute Gasteiger partial charge is 1.00 e. The van der Waals surface area contributed by atoms with Gasteiger partial charge in [0.15, 0.2) is 0 Å². The molecule has 0 aliphatic rings. The van der Waals surface area contributed by atoms with Gasteiger partial charge in [-0.1, -0.05) is 57.9 Å². The monoisotopic (exact) mass is 281 g/mol. The summed E-state index contributed by atoms with van der Waals surface area (Å²) >= 11 is 0. The van der Waals surface area contributed by atoms with Crippen molar-refractivity contribution in [3.05, 3.63) is 0 Å². The Hall–Kier alpha value is 0.697. The van der Waals surface area contributed by atoms with Crippen LogP contribution in [-0.2, 0) is 4.57 Å². The summed E-state index contributed by atoms with van der Waals surface area (Å²) in [7, 11) is -0.954. The van der Waals surface area contributed by atoms with Crippen LogP contribution in [0.2, 0.25) is 0 Å². The minimum atomic E-state index is -0.954. The van der Waals surface area contributed by atoms with Gasteiger partial charge in [0.05, 0.1) is 0 Å². The SMILES string of the molecule is CCCCC(CC)C[P+](=O)CC(CC)CCCC.[H-].[Li+]. The van der Waals surface area contributed by atoms with E-state index in [4.69, 9.17) is 0 Å². The Morgan fingerprint density at radius 2 is 1.21 bits per heavy atom. The van der Waals surface area contributed by atoms with Gasteiger partial charge in [0.25, 0.3) is 0 Å². The van der Waals surface area contributed by atoms with Gasteiger partial charge in [-0.15, -0.1) is 0 Å². The fraction of sp³-hybridized carbons (Fsp3) is 1.00. The van der Waals surface area contributed by atoms with Crippen LogP contribution >= 0.6 is 7.80 Å². The van der Waals surface area contributed by atoms with E-state index in [2.05, 4.69) is 27.7 Å². The molecule has 0 radical (unpaired) electrons. The third kappa shape index (κ3) is 12.2. The van der Waals surface area contributed by atoms with E-state index in [0.717, 1.165) is 12.3 Å². The molecule has 0 saturated carbocycles. The van der Waals surface area contributed by atoms with Crippen molar-refractivity contribution in [2.24, 2.45) is 11.8 Å². The smallest absolute Gasteiger partial charge is 1.00 e. The molecule has 0 bridgehead atoms.